The van der Waals surface area contributed by atoms with Crippen molar-refractivity contribution in [3.63, 3.8) is 0 Å². The minimum atomic E-state index is -0.868. The van der Waals surface area contributed by atoms with Crippen LogP contribution in [0.2, 0.25) is 0 Å². The van der Waals surface area contributed by atoms with Crippen LogP contribution in [0.1, 0.15) is 24.2 Å². The van der Waals surface area contributed by atoms with E-state index in [1.807, 2.05) is 19.1 Å². The number of hydrogen-bond acceptors (Lipinski definition) is 5. The third-order valence-corrected chi connectivity index (χ3v) is 4.36. The Hall–Kier alpha value is -1.50. The van der Waals surface area contributed by atoms with Crippen LogP contribution in [0.3, 0.4) is 0 Å². The fourth-order valence-electron chi connectivity index (χ4n) is 3.31. The SMILES string of the molecule is Cc1ncnn2c([C@@]34C[C@@]3(O)C[C@@H](CO)O4)ccc12. The molecule has 6 heteroatoms. The topological polar surface area (TPSA) is 79.9 Å². The van der Waals surface area contributed by atoms with Crippen molar-refractivity contribution in [3.8, 4) is 0 Å². The number of aryl methyl sites for hydroxylation is 1. The highest BCUT2D eigenvalue weighted by Gasteiger charge is 2.75. The van der Waals surface area contributed by atoms with Gasteiger partial charge in [-0.2, -0.15) is 5.10 Å². The van der Waals surface area contributed by atoms with Gasteiger partial charge in [0.25, 0.3) is 0 Å². The molecule has 0 aromatic carbocycles. The van der Waals surface area contributed by atoms with Crippen molar-refractivity contribution < 1.29 is 14.9 Å². The quantitative estimate of drug-likeness (QED) is 0.804. The first-order valence-corrected chi connectivity index (χ1v) is 6.40. The van der Waals surface area contributed by atoms with Gasteiger partial charge in [0.2, 0.25) is 0 Å². The molecule has 4 rings (SSSR count). The van der Waals surface area contributed by atoms with Crippen LogP contribution >= 0.6 is 0 Å². The van der Waals surface area contributed by atoms with Crippen LogP contribution in [-0.2, 0) is 10.3 Å². The molecule has 1 aliphatic heterocycles. The maximum absolute atomic E-state index is 10.5. The molecule has 6 nitrogen and oxygen atoms in total. The summed E-state index contributed by atoms with van der Waals surface area (Å²) in [6.07, 6.45) is 2.24. The van der Waals surface area contributed by atoms with E-state index in [2.05, 4.69) is 10.1 Å². The Morgan fingerprint density at radius 3 is 3.11 bits per heavy atom. The van der Waals surface area contributed by atoms with Crippen LogP contribution in [0.5, 0.6) is 0 Å². The van der Waals surface area contributed by atoms with Crippen LogP contribution in [0, 0.1) is 6.92 Å². The minimum absolute atomic E-state index is 0.0681. The number of hydrogen-bond donors (Lipinski definition) is 2. The Bertz CT molecular complexity index is 670. The van der Waals surface area contributed by atoms with Gasteiger partial charge >= 0.3 is 0 Å². The first-order valence-electron chi connectivity index (χ1n) is 6.40. The molecule has 2 N–H and O–H groups in total. The molecule has 0 spiro atoms. The van der Waals surface area contributed by atoms with E-state index in [0.717, 1.165) is 16.9 Å². The van der Waals surface area contributed by atoms with Crippen LogP contribution in [0.25, 0.3) is 5.52 Å². The van der Waals surface area contributed by atoms with Gasteiger partial charge < -0.3 is 14.9 Å². The van der Waals surface area contributed by atoms with Crippen molar-refractivity contribution >= 4 is 5.52 Å². The van der Waals surface area contributed by atoms with Crippen molar-refractivity contribution in [2.24, 2.45) is 0 Å². The van der Waals surface area contributed by atoms with E-state index in [1.54, 1.807) is 4.52 Å². The molecule has 1 saturated carbocycles. The molecule has 2 aromatic heterocycles. The molecule has 100 valence electrons. The second-order valence-electron chi connectivity index (χ2n) is 5.52. The number of fused-ring (bicyclic) bond motifs is 2. The summed E-state index contributed by atoms with van der Waals surface area (Å²) in [7, 11) is 0. The average molecular weight is 261 g/mol. The minimum Gasteiger partial charge on any atom is -0.394 e. The Morgan fingerprint density at radius 1 is 1.53 bits per heavy atom. The van der Waals surface area contributed by atoms with Gasteiger partial charge in [-0.05, 0) is 19.1 Å². The summed E-state index contributed by atoms with van der Waals surface area (Å²) in [5.74, 6) is 0. The molecule has 1 saturated heterocycles. The maximum atomic E-state index is 10.5. The van der Waals surface area contributed by atoms with Gasteiger partial charge in [-0.25, -0.2) is 9.50 Å². The van der Waals surface area contributed by atoms with Gasteiger partial charge in [-0.15, -0.1) is 0 Å². The second kappa shape index (κ2) is 3.33. The highest BCUT2D eigenvalue weighted by molar-refractivity contribution is 5.54. The molecule has 1 aliphatic carbocycles. The Balaban J connectivity index is 1.86. The first-order chi connectivity index (χ1) is 9.10. The molecular weight excluding hydrogens is 246 g/mol. The molecule has 3 heterocycles. The van der Waals surface area contributed by atoms with Crippen LogP contribution in [0.4, 0.5) is 0 Å². The standard InChI is InChI=1S/C13H15N3O3/c1-8-10-2-3-11(16(10)15-7-14-8)13-6-12(13,18)4-9(5-17)19-13/h2-3,7,9,17-18H,4-6H2,1H3/t9-,12-,13-/m0/s1. The molecule has 19 heavy (non-hydrogen) atoms. The first kappa shape index (κ1) is 11.3. The summed E-state index contributed by atoms with van der Waals surface area (Å²) in [6.45, 7) is 1.85. The summed E-state index contributed by atoms with van der Waals surface area (Å²) < 4.78 is 7.66. The maximum Gasteiger partial charge on any atom is 0.142 e. The molecule has 3 atom stereocenters. The van der Waals surface area contributed by atoms with E-state index in [-0.39, 0.29) is 12.7 Å². The molecule has 2 aromatic rings. The van der Waals surface area contributed by atoms with Crippen LogP contribution in [0.15, 0.2) is 18.5 Å². The van der Waals surface area contributed by atoms with Gasteiger partial charge in [0.05, 0.1) is 29.6 Å². The summed E-state index contributed by atoms with van der Waals surface area (Å²) in [5.41, 5.74) is 1.06. The normalized spacial score (nSPS) is 36.7. The lowest BCUT2D eigenvalue weighted by molar-refractivity contribution is -0.0341. The van der Waals surface area contributed by atoms with Gasteiger partial charge in [0, 0.05) is 12.8 Å². The van der Waals surface area contributed by atoms with E-state index in [1.165, 1.54) is 6.33 Å². The third-order valence-electron chi connectivity index (χ3n) is 4.36. The molecule has 0 amide bonds. The third kappa shape index (κ3) is 1.26. The second-order valence-corrected chi connectivity index (χ2v) is 5.52. The van der Waals surface area contributed by atoms with Gasteiger partial charge in [0.15, 0.2) is 0 Å². The molecule has 0 radical (unpaired) electrons. The number of ether oxygens (including phenoxy) is 1. The molecule has 0 bridgehead atoms. The molecule has 2 fully saturated rings. The Morgan fingerprint density at radius 2 is 2.37 bits per heavy atom. The highest BCUT2D eigenvalue weighted by Crippen LogP contribution is 2.65. The number of aliphatic hydroxyl groups is 2. The van der Waals surface area contributed by atoms with Crippen LogP contribution < -0.4 is 0 Å². The number of aromatic nitrogens is 3. The number of rotatable bonds is 2. The largest absolute Gasteiger partial charge is 0.394 e. The van der Waals surface area contributed by atoms with Crippen molar-refractivity contribution in [2.45, 2.75) is 37.1 Å². The van der Waals surface area contributed by atoms with E-state index in [9.17, 15) is 10.2 Å². The fraction of sp³-hybridized carbons (Fsp3) is 0.538. The van der Waals surface area contributed by atoms with Crippen molar-refractivity contribution in [3.05, 3.63) is 29.8 Å². The van der Waals surface area contributed by atoms with Crippen molar-refractivity contribution in [1.29, 1.82) is 0 Å². The predicted molar refractivity (Wildman–Crippen MR) is 65.5 cm³/mol. The zero-order chi connectivity index (χ0) is 13.3. The van der Waals surface area contributed by atoms with E-state index < -0.39 is 11.2 Å². The summed E-state index contributed by atoms with van der Waals surface area (Å²) in [4.78, 5) is 4.16. The fourth-order valence-corrected chi connectivity index (χ4v) is 3.31. The molecule has 0 unspecified atom stereocenters. The smallest absolute Gasteiger partial charge is 0.142 e. The summed E-state index contributed by atoms with van der Waals surface area (Å²) >= 11 is 0. The summed E-state index contributed by atoms with van der Waals surface area (Å²) in [5, 5.41) is 24.0. The average Bonchev–Trinajstić information content (AvgIpc) is 2.76. The van der Waals surface area contributed by atoms with E-state index in [4.69, 9.17) is 4.74 Å². The monoisotopic (exact) mass is 261 g/mol. The van der Waals surface area contributed by atoms with Crippen molar-refractivity contribution in [1.82, 2.24) is 14.6 Å². The van der Waals surface area contributed by atoms with Gasteiger partial charge in [-0.1, -0.05) is 0 Å². The van der Waals surface area contributed by atoms with E-state index >= 15 is 0 Å². The van der Waals surface area contributed by atoms with Crippen molar-refractivity contribution in [2.75, 3.05) is 6.61 Å². The Kier molecular flexibility index (Phi) is 1.99. The zero-order valence-corrected chi connectivity index (χ0v) is 10.6. The lowest BCUT2D eigenvalue weighted by atomic mass is 10.1. The predicted octanol–water partition coefficient (Wildman–Crippen LogP) is 0.149. The Labute approximate surface area is 109 Å². The lowest BCUT2D eigenvalue weighted by Crippen LogP contribution is -2.22. The van der Waals surface area contributed by atoms with Gasteiger partial charge in [0.1, 0.15) is 17.5 Å². The lowest BCUT2D eigenvalue weighted by Gasteiger charge is -2.16. The van der Waals surface area contributed by atoms with Crippen LogP contribution in [-0.4, -0.2) is 43.1 Å². The summed E-state index contributed by atoms with van der Waals surface area (Å²) in [6, 6.07) is 3.86. The number of aliphatic hydroxyl groups excluding tert-OH is 1. The highest BCUT2D eigenvalue weighted by atomic mass is 16.6. The van der Waals surface area contributed by atoms with Gasteiger partial charge in [-0.3, -0.25) is 0 Å². The zero-order valence-electron chi connectivity index (χ0n) is 10.6. The number of nitrogens with zero attached hydrogens (tertiary/aromatic N) is 3. The molecular formula is C13H15N3O3. The molecule has 2 aliphatic rings. The van der Waals surface area contributed by atoms with E-state index in [0.29, 0.717) is 12.8 Å².